The van der Waals surface area contributed by atoms with Crippen LogP contribution in [0.2, 0.25) is 58.9 Å². The van der Waals surface area contributed by atoms with Gasteiger partial charge < -0.3 is 13.4 Å². The highest BCUT2D eigenvalue weighted by atomic mass is 79.9. The minimum Gasteiger partial charge on any atom is -0.371 e. The molecule has 0 aliphatic heterocycles. The second-order valence-electron chi connectivity index (χ2n) is 24.1. The Hall–Kier alpha value is -4.45. The summed E-state index contributed by atoms with van der Waals surface area (Å²) >= 11 is 7.29. The van der Waals surface area contributed by atoms with Gasteiger partial charge in [-0.15, -0.1) is 0 Å². The molecule has 3 aliphatic rings. The molecule has 0 saturated carbocycles. The van der Waals surface area contributed by atoms with Crippen molar-refractivity contribution >= 4 is 89.0 Å². The zero-order valence-electron chi connectivity index (χ0n) is 42.3. The lowest BCUT2D eigenvalue weighted by Crippen LogP contribution is -2.33. The van der Waals surface area contributed by atoms with Gasteiger partial charge in [-0.3, -0.25) is 0 Å². The van der Waals surface area contributed by atoms with Crippen LogP contribution in [0, 0.1) is 0 Å². The predicted molar refractivity (Wildman–Crippen MR) is 317 cm³/mol. The highest BCUT2D eigenvalue weighted by Crippen LogP contribution is 2.48. The van der Waals surface area contributed by atoms with Crippen LogP contribution in [0.1, 0.15) is 67.5 Å². The number of aromatic nitrogens is 3. The average Bonchev–Trinajstić information content (AvgIpc) is 4.09. The highest BCUT2D eigenvalue weighted by molar-refractivity contribution is 9.10. The third kappa shape index (κ3) is 9.23. The number of benzene rings is 6. The second-order valence-corrected chi connectivity index (χ2v) is 41.6. The maximum atomic E-state index is 3.65. The van der Waals surface area contributed by atoms with E-state index < -0.39 is 24.4 Å². The molecule has 69 heavy (non-hydrogen) atoms. The van der Waals surface area contributed by atoms with E-state index in [1.165, 1.54) is 118 Å². The number of fused-ring (bicyclic) bond motifs is 15. The lowest BCUT2D eigenvalue weighted by molar-refractivity contribution is 0.591. The van der Waals surface area contributed by atoms with Crippen molar-refractivity contribution in [3.05, 3.63) is 176 Å². The minimum atomic E-state index is -1.46. The van der Waals surface area contributed by atoms with Crippen LogP contribution in [0.4, 0.5) is 0 Å². The fourth-order valence-electron chi connectivity index (χ4n) is 11.4. The van der Waals surface area contributed by atoms with Crippen LogP contribution in [0.3, 0.4) is 0 Å². The summed E-state index contributed by atoms with van der Waals surface area (Å²) in [7, 11) is -3.86. The van der Waals surface area contributed by atoms with E-state index in [0.29, 0.717) is 0 Å². The Morgan fingerprint density at radius 1 is 0.449 bits per heavy atom. The van der Waals surface area contributed by atoms with Gasteiger partial charge >= 0.3 is 0 Å². The van der Waals surface area contributed by atoms with Crippen LogP contribution in [-0.2, 0) is 37.0 Å². The van der Waals surface area contributed by atoms with Gasteiger partial charge in [0.2, 0.25) is 0 Å². The molecule has 3 heterocycles. The lowest BCUT2D eigenvalue weighted by atomic mass is 9.86. The first-order valence-corrected chi connectivity index (χ1v) is 37.0. The highest BCUT2D eigenvalue weighted by Gasteiger charge is 2.33. The van der Waals surface area contributed by atoms with E-state index in [-0.39, 0.29) is 12.8 Å². The molecule has 0 fully saturated rings. The molecular weight excluding hydrogens is 1020 g/mol. The van der Waals surface area contributed by atoms with E-state index in [9.17, 15) is 0 Å². The summed E-state index contributed by atoms with van der Waals surface area (Å²) in [6.07, 6.45) is 5.61. The lowest BCUT2D eigenvalue weighted by Gasteiger charge is -2.23. The maximum absolute atomic E-state index is 3.65. The molecule has 12 rings (SSSR count). The third-order valence-electron chi connectivity index (χ3n) is 14.1. The van der Waals surface area contributed by atoms with Gasteiger partial charge in [-0.05, 0) is 92.9 Å². The molecule has 0 atom stereocenters. The molecule has 8 heteroatoms. The first-order valence-electron chi connectivity index (χ1n) is 24.6. The molecule has 356 valence electrons. The van der Waals surface area contributed by atoms with Gasteiger partial charge in [0.1, 0.15) is 0 Å². The normalized spacial score (nSPS) is 13.5. The molecular formula is C61H71Br2N3Si3. The van der Waals surface area contributed by atoms with Crippen molar-refractivity contribution in [3.63, 3.8) is 0 Å². The molecule has 3 aliphatic carbocycles. The summed E-state index contributed by atoms with van der Waals surface area (Å²) in [6, 6.07) is 47.3. The van der Waals surface area contributed by atoms with Crippen molar-refractivity contribution in [3.8, 4) is 33.4 Å². The molecule has 0 saturated heterocycles. The van der Waals surface area contributed by atoms with Crippen molar-refractivity contribution in [2.75, 3.05) is 0 Å². The van der Waals surface area contributed by atoms with Crippen LogP contribution in [0.5, 0.6) is 0 Å². The molecule has 0 unspecified atom stereocenters. The summed E-state index contributed by atoms with van der Waals surface area (Å²) in [5, 5.41) is 4.24. The van der Waals surface area contributed by atoms with Gasteiger partial charge in [0.15, 0.2) is 8.24 Å². The van der Waals surface area contributed by atoms with Crippen LogP contribution in [-0.4, -0.2) is 37.8 Å². The number of nitrogens with zero attached hydrogens (tertiary/aromatic N) is 3. The van der Waals surface area contributed by atoms with Gasteiger partial charge in [0.05, 0.1) is 16.1 Å². The van der Waals surface area contributed by atoms with E-state index in [2.05, 4.69) is 252 Å². The summed E-state index contributed by atoms with van der Waals surface area (Å²) in [4.78, 5) is 0. The van der Waals surface area contributed by atoms with Crippen LogP contribution < -0.4 is 0 Å². The Labute approximate surface area is 432 Å². The van der Waals surface area contributed by atoms with Crippen molar-refractivity contribution in [1.29, 1.82) is 0 Å². The fraction of sp³-hybridized carbons (Fsp3) is 0.311. The zero-order valence-corrected chi connectivity index (χ0v) is 48.4. The summed E-state index contributed by atoms with van der Waals surface area (Å²) in [6.45, 7) is 29.0. The second kappa shape index (κ2) is 18.0. The molecule has 0 amide bonds. The first-order chi connectivity index (χ1) is 32.1. The Morgan fingerprint density at radius 2 is 0.812 bits per heavy atom. The van der Waals surface area contributed by atoms with Crippen molar-refractivity contribution in [2.45, 2.75) is 124 Å². The number of hydrogen-bond acceptors (Lipinski definition) is 0. The van der Waals surface area contributed by atoms with E-state index in [4.69, 9.17) is 0 Å². The van der Waals surface area contributed by atoms with Gasteiger partial charge in [-0.25, -0.2) is 0 Å². The maximum Gasteiger partial charge on any atom is 0.153 e. The third-order valence-corrected chi connectivity index (χ3v) is 19.4. The molecule has 9 aromatic rings. The van der Waals surface area contributed by atoms with Gasteiger partial charge in [-0.2, -0.15) is 0 Å². The minimum absolute atomic E-state index is 0. The number of hydrogen-bond donors (Lipinski definition) is 0. The van der Waals surface area contributed by atoms with Gasteiger partial charge in [0.25, 0.3) is 0 Å². The summed E-state index contributed by atoms with van der Waals surface area (Å²) in [5.41, 5.74) is 23.5. The SMILES string of the molecule is C.CC(C)(C)c1ccc2c(c1)c1c(n2C[Si](C)(C)C)Cc2ccccc2-1.C[Si](C)(C)Cn1c2c(c3cc(Br)ccc31)-c1ccccc1C2.C[Si](C)(C)n1c2c(c3cc(Br)ccc31)-c1ccccc1C2. The quantitative estimate of drug-likeness (QED) is 0.153. The number of rotatable bonds is 5. The van der Waals surface area contributed by atoms with Crippen LogP contribution in [0.15, 0.2) is 136 Å². The van der Waals surface area contributed by atoms with E-state index in [1.54, 1.807) is 0 Å². The predicted octanol–water partition coefficient (Wildman–Crippen LogP) is 18.5. The monoisotopic (exact) mass is 1090 g/mol. The van der Waals surface area contributed by atoms with Crippen molar-refractivity contribution in [2.24, 2.45) is 0 Å². The van der Waals surface area contributed by atoms with Gasteiger partial charge in [-0.1, -0.05) is 198 Å². The van der Waals surface area contributed by atoms with E-state index >= 15 is 0 Å². The van der Waals surface area contributed by atoms with Crippen LogP contribution in [0.25, 0.3) is 66.1 Å². The molecule has 0 spiro atoms. The Bertz CT molecular complexity index is 3450. The summed E-state index contributed by atoms with van der Waals surface area (Å²) < 4.78 is 10.2. The van der Waals surface area contributed by atoms with Gasteiger partial charge in [0, 0.05) is 107 Å². The number of halogens is 2. The van der Waals surface area contributed by atoms with E-state index in [1.807, 2.05) is 0 Å². The zero-order chi connectivity index (χ0) is 48.2. The summed E-state index contributed by atoms with van der Waals surface area (Å²) in [5.74, 6) is 0. The molecule has 3 aromatic heterocycles. The van der Waals surface area contributed by atoms with Crippen molar-refractivity contribution in [1.82, 2.24) is 13.4 Å². The fourth-order valence-corrected chi connectivity index (χ4v) is 16.6. The smallest absolute Gasteiger partial charge is 0.153 e. The largest absolute Gasteiger partial charge is 0.371 e. The first kappa shape index (κ1) is 49.5. The Morgan fingerprint density at radius 3 is 1.23 bits per heavy atom. The molecule has 3 nitrogen and oxygen atoms in total. The standard InChI is InChI=1S/C23H29NSi.C19H20BrNSi.C18H18BrNSi.CH4/c1-23(2,3)17-11-12-20-19(14-17)22-18-10-8-7-9-16(18)13-21(22)24(20)15-25(4,5)6;1-22(2,3)12-21-17-9-8-14(20)11-16(17)19-15-7-5-4-6-13(15)10-18(19)21;1-21(2,3)20-16-9-8-13(19)11-15(16)18-14-7-5-4-6-12(14)10-17(18)20;/h7-12,14H,13,15H2,1-6H3;4-9,11H,10,12H2,1-3H3;4-9,11H,10H2,1-3H3;1H4. The molecule has 6 aromatic carbocycles. The average molecular weight is 1090 g/mol. The topological polar surface area (TPSA) is 14.8 Å². The Kier molecular flexibility index (Phi) is 12.9. The Balaban J connectivity index is 0.000000128. The van der Waals surface area contributed by atoms with Crippen LogP contribution >= 0.6 is 31.9 Å². The molecule has 0 bridgehead atoms. The molecule has 0 N–H and O–H groups in total. The molecule has 0 radical (unpaired) electrons. The van der Waals surface area contributed by atoms with Crippen molar-refractivity contribution < 1.29 is 0 Å². The van der Waals surface area contributed by atoms with E-state index in [0.717, 1.165) is 28.2 Å².